The van der Waals surface area contributed by atoms with Crippen LogP contribution in [0.1, 0.15) is 45.6 Å². The number of hydrogen-bond donors (Lipinski definition) is 1. The fourth-order valence-corrected chi connectivity index (χ4v) is 2.72. The standard InChI is InChI=1S/C17H26N2O/c1-17(2,3)14-8-4-5-9-15(14)18-16(20)10-13-19-11-6-7-12-19/h4-5,8-9H,6-7,10-13H2,1-3H3,(H,18,20). The van der Waals surface area contributed by atoms with E-state index in [2.05, 4.69) is 37.1 Å². The Kier molecular flexibility index (Phi) is 4.81. The lowest BCUT2D eigenvalue weighted by Gasteiger charge is -2.23. The Morgan fingerprint density at radius 2 is 1.85 bits per heavy atom. The second-order valence-electron chi connectivity index (χ2n) is 6.64. The molecule has 0 unspecified atom stereocenters. The summed E-state index contributed by atoms with van der Waals surface area (Å²) in [6.07, 6.45) is 3.13. The third-order valence-corrected chi connectivity index (χ3v) is 3.86. The van der Waals surface area contributed by atoms with Crippen molar-refractivity contribution in [1.82, 2.24) is 4.90 Å². The van der Waals surface area contributed by atoms with Crippen LogP contribution in [0.15, 0.2) is 24.3 Å². The first kappa shape index (κ1) is 15.0. The predicted molar refractivity (Wildman–Crippen MR) is 84.1 cm³/mol. The SMILES string of the molecule is CC(C)(C)c1ccccc1NC(=O)CCN1CCCC1. The van der Waals surface area contributed by atoms with Crippen LogP contribution in [-0.2, 0) is 10.2 Å². The molecular formula is C17H26N2O. The third kappa shape index (κ3) is 4.07. The van der Waals surface area contributed by atoms with E-state index < -0.39 is 0 Å². The minimum absolute atomic E-state index is 0.0405. The van der Waals surface area contributed by atoms with E-state index in [0.717, 1.165) is 25.3 Å². The van der Waals surface area contributed by atoms with Crippen LogP contribution in [-0.4, -0.2) is 30.4 Å². The molecule has 1 aromatic carbocycles. The van der Waals surface area contributed by atoms with Gasteiger partial charge in [0, 0.05) is 18.7 Å². The molecule has 2 rings (SSSR count). The number of para-hydroxylation sites is 1. The Hall–Kier alpha value is -1.35. The second kappa shape index (κ2) is 6.40. The first-order valence-electron chi connectivity index (χ1n) is 7.58. The van der Waals surface area contributed by atoms with Crippen LogP contribution in [0.5, 0.6) is 0 Å². The number of likely N-dealkylation sites (tertiary alicyclic amines) is 1. The maximum absolute atomic E-state index is 12.1. The monoisotopic (exact) mass is 274 g/mol. The molecular weight excluding hydrogens is 248 g/mol. The van der Waals surface area contributed by atoms with Gasteiger partial charge in [0.25, 0.3) is 0 Å². The number of rotatable bonds is 4. The molecule has 3 nitrogen and oxygen atoms in total. The molecule has 0 atom stereocenters. The fourth-order valence-electron chi connectivity index (χ4n) is 2.72. The highest BCUT2D eigenvalue weighted by Gasteiger charge is 2.19. The summed E-state index contributed by atoms with van der Waals surface area (Å²) >= 11 is 0. The van der Waals surface area contributed by atoms with Crippen molar-refractivity contribution < 1.29 is 4.79 Å². The Balaban J connectivity index is 1.93. The number of nitrogens with one attached hydrogen (secondary N) is 1. The van der Waals surface area contributed by atoms with Gasteiger partial charge in [-0.25, -0.2) is 0 Å². The van der Waals surface area contributed by atoms with Gasteiger partial charge in [-0.1, -0.05) is 39.0 Å². The van der Waals surface area contributed by atoms with Gasteiger partial charge in [-0.15, -0.1) is 0 Å². The zero-order valence-electron chi connectivity index (χ0n) is 12.9. The molecule has 1 amide bonds. The molecule has 0 aliphatic carbocycles. The minimum Gasteiger partial charge on any atom is -0.326 e. The van der Waals surface area contributed by atoms with Crippen LogP contribution in [0.3, 0.4) is 0 Å². The maximum Gasteiger partial charge on any atom is 0.225 e. The predicted octanol–water partition coefficient (Wildman–Crippen LogP) is 3.41. The van der Waals surface area contributed by atoms with Crippen molar-refractivity contribution in [3.63, 3.8) is 0 Å². The number of anilines is 1. The van der Waals surface area contributed by atoms with Crippen molar-refractivity contribution in [2.75, 3.05) is 25.0 Å². The van der Waals surface area contributed by atoms with Crippen LogP contribution in [0.25, 0.3) is 0 Å². The highest BCUT2D eigenvalue weighted by Crippen LogP contribution is 2.29. The van der Waals surface area contributed by atoms with Gasteiger partial charge in [-0.2, -0.15) is 0 Å². The number of carbonyl (C=O) groups excluding carboxylic acids is 1. The lowest BCUT2D eigenvalue weighted by atomic mass is 9.86. The smallest absolute Gasteiger partial charge is 0.225 e. The van der Waals surface area contributed by atoms with E-state index in [0.29, 0.717) is 6.42 Å². The van der Waals surface area contributed by atoms with Gasteiger partial charge in [0.05, 0.1) is 0 Å². The molecule has 0 aromatic heterocycles. The summed E-state index contributed by atoms with van der Waals surface area (Å²) < 4.78 is 0. The van der Waals surface area contributed by atoms with E-state index >= 15 is 0 Å². The van der Waals surface area contributed by atoms with Crippen molar-refractivity contribution in [2.24, 2.45) is 0 Å². The largest absolute Gasteiger partial charge is 0.326 e. The molecule has 1 heterocycles. The summed E-state index contributed by atoms with van der Waals surface area (Å²) in [5.74, 6) is 0.119. The van der Waals surface area contributed by atoms with E-state index in [9.17, 15) is 4.79 Å². The number of benzene rings is 1. The van der Waals surface area contributed by atoms with Crippen LogP contribution >= 0.6 is 0 Å². The number of amides is 1. The quantitative estimate of drug-likeness (QED) is 0.912. The van der Waals surface area contributed by atoms with Gasteiger partial charge in [0.2, 0.25) is 5.91 Å². The Labute approximate surface area is 122 Å². The molecule has 0 saturated carbocycles. The number of hydrogen-bond acceptors (Lipinski definition) is 2. The van der Waals surface area contributed by atoms with E-state index in [1.807, 2.05) is 18.2 Å². The van der Waals surface area contributed by atoms with Crippen LogP contribution < -0.4 is 5.32 Å². The summed E-state index contributed by atoms with van der Waals surface area (Å²) in [7, 11) is 0. The van der Waals surface area contributed by atoms with Gasteiger partial charge >= 0.3 is 0 Å². The summed E-state index contributed by atoms with van der Waals surface area (Å²) in [6.45, 7) is 9.67. The summed E-state index contributed by atoms with van der Waals surface area (Å²) in [5, 5.41) is 3.08. The maximum atomic E-state index is 12.1. The molecule has 0 spiro atoms. The van der Waals surface area contributed by atoms with Gasteiger partial charge in [0.1, 0.15) is 0 Å². The summed E-state index contributed by atoms with van der Waals surface area (Å²) in [6, 6.07) is 8.09. The first-order valence-corrected chi connectivity index (χ1v) is 7.58. The average molecular weight is 274 g/mol. The van der Waals surface area contributed by atoms with E-state index in [-0.39, 0.29) is 11.3 Å². The van der Waals surface area contributed by atoms with E-state index in [4.69, 9.17) is 0 Å². The molecule has 0 bridgehead atoms. The highest BCUT2D eigenvalue weighted by atomic mass is 16.1. The topological polar surface area (TPSA) is 32.3 Å². The summed E-state index contributed by atoms with van der Waals surface area (Å²) in [4.78, 5) is 14.5. The van der Waals surface area contributed by atoms with Gasteiger partial charge < -0.3 is 10.2 Å². The number of carbonyl (C=O) groups is 1. The Morgan fingerprint density at radius 1 is 1.20 bits per heavy atom. The molecule has 1 N–H and O–H groups in total. The number of nitrogens with zero attached hydrogens (tertiary/aromatic N) is 1. The molecule has 20 heavy (non-hydrogen) atoms. The van der Waals surface area contributed by atoms with Crippen LogP contribution in [0.2, 0.25) is 0 Å². The van der Waals surface area contributed by atoms with Gasteiger partial charge in [0.15, 0.2) is 0 Å². The third-order valence-electron chi connectivity index (χ3n) is 3.86. The van der Waals surface area contributed by atoms with Crippen LogP contribution in [0.4, 0.5) is 5.69 Å². The Morgan fingerprint density at radius 3 is 2.50 bits per heavy atom. The second-order valence-corrected chi connectivity index (χ2v) is 6.64. The normalized spacial score (nSPS) is 16.4. The first-order chi connectivity index (χ1) is 9.47. The Bertz CT molecular complexity index is 456. The van der Waals surface area contributed by atoms with Crippen molar-refractivity contribution in [2.45, 2.75) is 45.4 Å². The lowest BCUT2D eigenvalue weighted by molar-refractivity contribution is -0.116. The van der Waals surface area contributed by atoms with Crippen molar-refractivity contribution in [1.29, 1.82) is 0 Å². The molecule has 1 aliphatic rings. The average Bonchev–Trinajstić information content (AvgIpc) is 2.89. The van der Waals surface area contributed by atoms with Crippen molar-refractivity contribution >= 4 is 11.6 Å². The molecule has 3 heteroatoms. The van der Waals surface area contributed by atoms with Crippen molar-refractivity contribution in [3.8, 4) is 0 Å². The lowest BCUT2D eigenvalue weighted by Crippen LogP contribution is -2.25. The van der Waals surface area contributed by atoms with Gasteiger partial charge in [-0.05, 0) is 43.0 Å². The minimum atomic E-state index is 0.0405. The van der Waals surface area contributed by atoms with E-state index in [1.165, 1.54) is 18.4 Å². The zero-order chi connectivity index (χ0) is 14.6. The van der Waals surface area contributed by atoms with Crippen molar-refractivity contribution in [3.05, 3.63) is 29.8 Å². The fraction of sp³-hybridized carbons (Fsp3) is 0.588. The summed E-state index contributed by atoms with van der Waals surface area (Å²) in [5.41, 5.74) is 2.18. The molecule has 1 fully saturated rings. The molecule has 110 valence electrons. The zero-order valence-corrected chi connectivity index (χ0v) is 12.9. The molecule has 1 aromatic rings. The van der Waals surface area contributed by atoms with E-state index in [1.54, 1.807) is 0 Å². The highest BCUT2D eigenvalue weighted by molar-refractivity contribution is 5.91. The molecule has 1 saturated heterocycles. The van der Waals surface area contributed by atoms with Gasteiger partial charge in [-0.3, -0.25) is 4.79 Å². The van der Waals surface area contributed by atoms with Crippen LogP contribution in [0, 0.1) is 0 Å². The molecule has 1 aliphatic heterocycles. The molecule has 0 radical (unpaired) electrons.